The summed E-state index contributed by atoms with van der Waals surface area (Å²) in [5.41, 5.74) is 0.806. The molecule has 0 unspecified atom stereocenters. The average Bonchev–Trinajstić information content (AvgIpc) is 2.61. The number of amides is 1. The van der Waals surface area contributed by atoms with Gasteiger partial charge in [0.2, 0.25) is 5.91 Å². The number of aromatic nitrogens is 1. The summed E-state index contributed by atoms with van der Waals surface area (Å²) in [7, 11) is 0. The summed E-state index contributed by atoms with van der Waals surface area (Å²) in [6, 6.07) is 12.2. The van der Waals surface area contributed by atoms with Crippen molar-refractivity contribution in [1.29, 1.82) is 0 Å². The molecule has 0 saturated heterocycles. The van der Waals surface area contributed by atoms with Gasteiger partial charge >= 0.3 is 0 Å². The standard InChI is InChI=1S/C19H15F2N3O3/c1-12(25)22-15-6-7-18(17(21)10-15)27-16-8-9-24(26)19(11-16)23-14-4-2-13(20)3-5-14/h2-11,23H,1H3,(H,22,25). The predicted molar refractivity (Wildman–Crippen MR) is 95.9 cm³/mol. The minimum Gasteiger partial charge on any atom is -0.711 e. The molecule has 0 radical (unpaired) electrons. The van der Waals surface area contributed by atoms with Crippen molar-refractivity contribution >= 4 is 23.1 Å². The molecule has 138 valence electrons. The number of pyridine rings is 1. The first-order chi connectivity index (χ1) is 12.9. The van der Waals surface area contributed by atoms with E-state index in [1.165, 1.54) is 61.7 Å². The molecular formula is C19H15F2N3O3. The van der Waals surface area contributed by atoms with Crippen LogP contribution in [0.2, 0.25) is 0 Å². The van der Waals surface area contributed by atoms with Crippen LogP contribution in [0.5, 0.6) is 11.5 Å². The molecule has 2 aromatic carbocycles. The number of nitrogens with one attached hydrogen (secondary N) is 2. The number of benzene rings is 2. The van der Waals surface area contributed by atoms with E-state index in [0.29, 0.717) is 16.1 Å². The van der Waals surface area contributed by atoms with Gasteiger partial charge in [-0.1, -0.05) is 0 Å². The molecule has 0 saturated carbocycles. The van der Waals surface area contributed by atoms with Gasteiger partial charge in [-0.2, -0.15) is 0 Å². The zero-order valence-corrected chi connectivity index (χ0v) is 14.2. The molecule has 2 N–H and O–H groups in total. The van der Waals surface area contributed by atoms with Crippen LogP contribution in [0.15, 0.2) is 60.8 Å². The molecule has 0 aliphatic carbocycles. The largest absolute Gasteiger partial charge is 0.711 e. The van der Waals surface area contributed by atoms with E-state index >= 15 is 0 Å². The second-order valence-electron chi connectivity index (χ2n) is 5.63. The Bertz CT molecular complexity index is 978. The summed E-state index contributed by atoms with van der Waals surface area (Å²) in [4.78, 5) is 11.0. The third-order valence-corrected chi connectivity index (χ3v) is 3.49. The Kier molecular flexibility index (Phi) is 5.16. The Hall–Kier alpha value is -3.68. The van der Waals surface area contributed by atoms with Crippen molar-refractivity contribution in [1.82, 2.24) is 0 Å². The van der Waals surface area contributed by atoms with Crippen molar-refractivity contribution < 1.29 is 23.0 Å². The summed E-state index contributed by atoms with van der Waals surface area (Å²) >= 11 is 0. The number of hydrogen-bond donors (Lipinski definition) is 2. The molecule has 0 aliphatic heterocycles. The number of hydrogen-bond acceptors (Lipinski definition) is 4. The summed E-state index contributed by atoms with van der Waals surface area (Å²) in [6.07, 6.45) is 1.20. The quantitative estimate of drug-likeness (QED) is 0.523. The van der Waals surface area contributed by atoms with E-state index in [9.17, 15) is 18.8 Å². The molecule has 27 heavy (non-hydrogen) atoms. The average molecular weight is 371 g/mol. The molecule has 3 aromatic rings. The van der Waals surface area contributed by atoms with Gasteiger partial charge in [0.05, 0.1) is 12.3 Å². The molecule has 6 nitrogen and oxygen atoms in total. The van der Waals surface area contributed by atoms with Gasteiger partial charge in [0.1, 0.15) is 17.3 Å². The Morgan fingerprint density at radius 1 is 1.04 bits per heavy atom. The van der Waals surface area contributed by atoms with E-state index in [1.54, 1.807) is 0 Å². The van der Waals surface area contributed by atoms with Crippen LogP contribution in [0.4, 0.5) is 26.0 Å². The van der Waals surface area contributed by atoms with Crippen molar-refractivity contribution in [2.45, 2.75) is 6.92 Å². The normalized spacial score (nSPS) is 10.3. The van der Waals surface area contributed by atoms with Crippen molar-refractivity contribution in [2.24, 2.45) is 0 Å². The van der Waals surface area contributed by atoms with E-state index in [-0.39, 0.29) is 23.2 Å². The molecule has 0 bridgehead atoms. The molecule has 1 aromatic heterocycles. The molecule has 0 atom stereocenters. The third-order valence-electron chi connectivity index (χ3n) is 3.49. The maximum Gasteiger partial charge on any atom is 0.286 e. The second-order valence-corrected chi connectivity index (χ2v) is 5.63. The van der Waals surface area contributed by atoms with Crippen LogP contribution < -0.4 is 20.1 Å². The van der Waals surface area contributed by atoms with E-state index < -0.39 is 11.6 Å². The molecular weight excluding hydrogens is 356 g/mol. The zero-order chi connectivity index (χ0) is 19.4. The van der Waals surface area contributed by atoms with Crippen molar-refractivity contribution in [3.05, 3.63) is 77.6 Å². The monoisotopic (exact) mass is 371 g/mol. The Morgan fingerprint density at radius 3 is 2.41 bits per heavy atom. The number of rotatable bonds is 5. The molecule has 1 amide bonds. The van der Waals surface area contributed by atoms with E-state index in [1.807, 2.05) is 0 Å². The predicted octanol–water partition coefficient (Wildman–Crippen LogP) is 4.09. The van der Waals surface area contributed by atoms with E-state index in [0.717, 1.165) is 6.07 Å². The minimum atomic E-state index is -0.673. The first-order valence-electron chi connectivity index (χ1n) is 7.91. The van der Waals surface area contributed by atoms with Gasteiger partial charge in [0, 0.05) is 24.7 Å². The second kappa shape index (κ2) is 7.69. The molecule has 8 heteroatoms. The topological polar surface area (TPSA) is 77.3 Å². The Morgan fingerprint density at radius 2 is 1.74 bits per heavy atom. The lowest BCUT2D eigenvalue weighted by Crippen LogP contribution is -2.28. The number of nitrogens with zero attached hydrogens (tertiary/aromatic N) is 1. The van der Waals surface area contributed by atoms with Crippen LogP contribution in [0.1, 0.15) is 6.92 Å². The fraction of sp³-hybridized carbons (Fsp3) is 0.0526. The van der Waals surface area contributed by atoms with Crippen molar-refractivity contribution in [3.8, 4) is 11.5 Å². The highest BCUT2D eigenvalue weighted by Crippen LogP contribution is 2.28. The third kappa shape index (κ3) is 4.69. The minimum absolute atomic E-state index is 0.0690. The summed E-state index contributed by atoms with van der Waals surface area (Å²) in [6.45, 7) is 1.32. The van der Waals surface area contributed by atoms with Gasteiger partial charge in [-0.05, 0) is 36.4 Å². The highest BCUT2D eigenvalue weighted by Gasteiger charge is 2.11. The highest BCUT2D eigenvalue weighted by atomic mass is 19.1. The highest BCUT2D eigenvalue weighted by molar-refractivity contribution is 5.88. The van der Waals surface area contributed by atoms with Crippen LogP contribution in [-0.2, 0) is 4.79 Å². The van der Waals surface area contributed by atoms with Gasteiger partial charge in [-0.3, -0.25) is 4.79 Å². The van der Waals surface area contributed by atoms with Gasteiger partial charge in [0.15, 0.2) is 11.6 Å². The first-order valence-corrected chi connectivity index (χ1v) is 7.91. The Balaban J connectivity index is 1.79. The SMILES string of the molecule is CC(=O)Nc1ccc(Oc2cc[n+]([O-])c(Nc3ccc(F)cc3)c2)c(F)c1. The van der Waals surface area contributed by atoms with Crippen molar-refractivity contribution in [2.75, 3.05) is 10.6 Å². The fourth-order valence-corrected chi connectivity index (χ4v) is 2.30. The van der Waals surface area contributed by atoms with E-state index in [4.69, 9.17) is 4.74 Å². The van der Waals surface area contributed by atoms with Gasteiger partial charge in [-0.25, -0.2) is 18.8 Å². The van der Waals surface area contributed by atoms with Crippen LogP contribution >= 0.6 is 0 Å². The van der Waals surface area contributed by atoms with E-state index in [2.05, 4.69) is 10.6 Å². The van der Waals surface area contributed by atoms with Crippen LogP contribution in [-0.4, -0.2) is 5.91 Å². The number of carbonyl (C=O) groups excluding carboxylic acids is 1. The summed E-state index contributed by atoms with van der Waals surface area (Å²) in [5.74, 6) is -1.12. The fourth-order valence-electron chi connectivity index (χ4n) is 2.30. The number of anilines is 3. The lowest BCUT2D eigenvalue weighted by molar-refractivity contribution is -0.590. The van der Waals surface area contributed by atoms with Crippen molar-refractivity contribution in [3.63, 3.8) is 0 Å². The summed E-state index contributed by atoms with van der Waals surface area (Å²) < 4.78 is 33.2. The molecule has 0 fully saturated rings. The maximum absolute atomic E-state index is 14.2. The number of ether oxygens (including phenoxy) is 1. The molecule has 0 aliphatic rings. The first kappa shape index (κ1) is 18.1. The lowest BCUT2D eigenvalue weighted by atomic mass is 10.3. The number of halogens is 2. The zero-order valence-electron chi connectivity index (χ0n) is 14.2. The molecule has 3 rings (SSSR count). The van der Waals surface area contributed by atoms with Gasteiger partial charge in [-0.15, -0.1) is 0 Å². The van der Waals surface area contributed by atoms with Gasteiger partial charge in [0.25, 0.3) is 5.82 Å². The Labute approximate surface area is 153 Å². The van der Waals surface area contributed by atoms with Gasteiger partial charge < -0.3 is 15.3 Å². The summed E-state index contributed by atoms with van der Waals surface area (Å²) in [5, 5.41) is 17.2. The van der Waals surface area contributed by atoms with Crippen LogP contribution in [0.3, 0.4) is 0 Å². The molecule has 1 heterocycles. The number of carbonyl (C=O) groups is 1. The lowest BCUT2D eigenvalue weighted by Gasteiger charge is -2.12. The van der Waals surface area contributed by atoms with Crippen LogP contribution in [0.25, 0.3) is 0 Å². The molecule has 0 spiro atoms. The van der Waals surface area contributed by atoms with Crippen LogP contribution in [0, 0.1) is 16.8 Å². The maximum atomic E-state index is 14.2. The smallest absolute Gasteiger partial charge is 0.286 e.